The standard InChI is InChI=1S/C20H34N2O12S/c1-16(23)14-33-10-9-32-7-5-21-19(26)15-34-11-8-31-6-2-3-17(24)4-12-35(29,30)22-18(25)13-20(27)28/h2-15H2,1H3,(H,21,26)(H,22,25)(H,27,28). The molecule has 0 saturated carbocycles. The second-order valence-electron chi connectivity index (χ2n) is 7.19. The molecule has 0 bridgehead atoms. The highest BCUT2D eigenvalue weighted by atomic mass is 32.2. The normalized spacial score (nSPS) is 11.1. The minimum absolute atomic E-state index is 0.0481. The average molecular weight is 527 g/mol. The topological polar surface area (TPSA) is 201 Å². The number of nitrogens with one attached hydrogen (secondary N) is 2. The Kier molecular flexibility index (Phi) is 18.4. The summed E-state index contributed by atoms with van der Waals surface area (Å²) >= 11 is 0. The molecule has 0 atom stereocenters. The van der Waals surface area contributed by atoms with Crippen molar-refractivity contribution in [3.8, 4) is 0 Å². The van der Waals surface area contributed by atoms with Crippen molar-refractivity contribution in [2.24, 2.45) is 0 Å². The third kappa shape index (κ3) is 23.1. The summed E-state index contributed by atoms with van der Waals surface area (Å²) in [6, 6.07) is 0. The summed E-state index contributed by atoms with van der Waals surface area (Å²) in [4.78, 5) is 55.5. The number of hydrogen-bond acceptors (Lipinski definition) is 11. The first-order valence-corrected chi connectivity index (χ1v) is 12.5. The fourth-order valence-electron chi connectivity index (χ4n) is 2.28. The van der Waals surface area contributed by atoms with E-state index in [1.165, 1.54) is 6.92 Å². The molecule has 15 heteroatoms. The van der Waals surface area contributed by atoms with Crippen molar-refractivity contribution >= 4 is 39.4 Å². The van der Waals surface area contributed by atoms with Gasteiger partial charge in [-0.25, -0.2) is 8.42 Å². The Hall–Kier alpha value is -2.46. The maximum Gasteiger partial charge on any atom is 0.312 e. The fourth-order valence-corrected chi connectivity index (χ4v) is 3.29. The maximum atomic E-state index is 11.7. The van der Waals surface area contributed by atoms with Gasteiger partial charge in [0, 0.05) is 26.0 Å². The van der Waals surface area contributed by atoms with E-state index in [1.54, 1.807) is 4.72 Å². The zero-order chi connectivity index (χ0) is 26.5. The molecule has 0 fully saturated rings. The van der Waals surface area contributed by atoms with Crippen LogP contribution in [0.4, 0.5) is 0 Å². The van der Waals surface area contributed by atoms with Crippen LogP contribution in [0, 0.1) is 0 Å². The van der Waals surface area contributed by atoms with Crippen LogP contribution in [0.2, 0.25) is 0 Å². The van der Waals surface area contributed by atoms with Gasteiger partial charge < -0.3 is 29.4 Å². The van der Waals surface area contributed by atoms with E-state index in [0.29, 0.717) is 32.8 Å². The number of carboxylic acids is 1. The van der Waals surface area contributed by atoms with E-state index in [2.05, 4.69) is 5.32 Å². The Morgan fingerprint density at radius 2 is 1.37 bits per heavy atom. The number of carboxylic acid groups (broad SMARTS) is 1. The quantitative estimate of drug-likeness (QED) is 0.102. The monoisotopic (exact) mass is 526 g/mol. The lowest BCUT2D eigenvalue weighted by Crippen LogP contribution is -2.34. The molecule has 2 amide bonds. The van der Waals surface area contributed by atoms with Crippen LogP contribution in [-0.2, 0) is 52.9 Å². The molecule has 0 saturated heterocycles. The molecule has 0 aromatic rings. The Morgan fingerprint density at radius 3 is 2.00 bits per heavy atom. The number of aliphatic carboxylic acids is 1. The molecule has 35 heavy (non-hydrogen) atoms. The number of ketones is 2. The first-order chi connectivity index (χ1) is 16.5. The molecule has 0 aromatic heterocycles. The van der Waals surface area contributed by atoms with Crippen LogP contribution in [0.25, 0.3) is 0 Å². The second kappa shape index (κ2) is 19.8. The van der Waals surface area contributed by atoms with Crippen molar-refractivity contribution < 1.29 is 56.4 Å². The van der Waals surface area contributed by atoms with E-state index in [1.807, 2.05) is 0 Å². The van der Waals surface area contributed by atoms with Crippen LogP contribution in [0.15, 0.2) is 0 Å². The van der Waals surface area contributed by atoms with Crippen molar-refractivity contribution in [1.82, 2.24) is 10.0 Å². The highest BCUT2D eigenvalue weighted by Crippen LogP contribution is 1.99. The van der Waals surface area contributed by atoms with E-state index in [4.69, 9.17) is 24.1 Å². The summed E-state index contributed by atoms with van der Waals surface area (Å²) in [5.74, 6) is -3.97. The van der Waals surface area contributed by atoms with Crippen molar-refractivity contribution in [1.29, 1.82) is 0 Å². The minimum Gasteiger partial charge on any atom is -0.481 e. The Labute approximate surface area is 204 Å². The van der Waals surface area contributed by atoms with E-state index >= 15 is 0 Å². The highest BCUT2D eigenvalue weighted by Gasteiger charge is 2.18. The van der Waals surface area contributed by atoms with Crippen molar-refractivity contribution in [3.63, 3.8) is 0 Å². The fraction of sp³-hybridized carbons (Fsp3) is 0.750. The van der Waals surface area contributed by atoms with Gasteiger partial charge in [-0.15, -0.1) is 0 Å². The molecule has 14 nitrogen and oxygen atoms in total. The lowest BCUT2D eigenvalue weighted by Gasteiger charge is -2.08. The van der Waals surface area contributed by atoms with Gasteiger partial charge >= 0.3 is 5.97 Å². The smallest absolute Gasteiger partial charge is 0.312 e. The van der Waals surface area contributed by atoms with E-state index < -0.39 is 34.1 Å². The zero-order valence-electron chi connectivity index (χ0n) is 19.7. The molecule has 0 heterocycles. The van der Waals surface area contributed by atoms with Crippen LogP contribution in [0.1, 0.15) is 32.6 Å². The molecule has 0 unspecified atom stereocenters. The lowest BCUT2D eigenvalue weighted by atomic mass is 10.2. The molecule has 0 rings (SSSR count). The molecule has 0 spiro atoms. The van der Waals surface area contributed by atoms with Crippen molar-refractivity contribution in [2.45, 2.75) is 32.6 Å². The number of sulfonamides is 1. The first-order valence-electron chi connectivity index (χ1n) is 10.9. The van der Waals surface area contributed by atoms with Gasteiger partial charge in [0.2, 0.25) is 21.8 Å². The van der Waals surface area contributed by atoms with Crippen LogP contribution in [0.5, 0.6) is 0 Å². The van der Waals surface area contributed by atoms with E-state index in [-0.39, 0.29) is 63.3 Å². The van der Waals surface area contributed by atoms with E-state index in [9.17, 15) is 32.4 Å². The number of carbonyl (C=O) groups is 5. The molecule has 0 aliphatic carbocycles. The number of amides is 2. The molecular formula is C20H34N2O12S. The SMILES string of the molecule is CC(=O)COCCOCCNC(=O)COCCOCCCC(=O)CCS(=O)(=O)NC(=O)CC(=O)O. The van der Waals surface area contributed by atoms with Gasteiger partial charge in [-0.2, -0.15) is 0 Å². The van der Waals surface area contributed by atoms with Crippen LogP contribution in [0.3, 0.4) is 0 Å². The molecule has 0 radical (unpaired) electrons. The Morgan fingerprint density at radius 1 is 0.771 bits per heavy atom. The maximum absolute atomic E-state index is 11.7. The average Bonchev–Trinajstić information content (AvgIpc) is 2.74. The Bertz CT molecular complexity index is 785. The molecule has 0 aromatic carbocycles. The largest absolute Gasteiger partial charge is 0.481 e. The van der Waals surface area contributed by atoms with Gasteiger partial charge in [0.05, 0.1) is 38.8 Å². The molecule has 202 valence electrons. The summed E-state index contributed by atoms with van der Waals surface area (Å²) in [5.41, 5.74) is 0. The number of hydrogen-bond donors (Lipinski definition) is 3. The zero-order valence-corrected chi connectivity index (χ0v) is 20.6. The number of carbonyl (C=O) groups excluding carboxylic acids is 4. The third-order valence-electron chi connectivity index (χ3n) is 3.83. The van der Waals surface area contributed by atoms with E-state index in [0.717, 1.165) is 0 Å². The summed E-state index contributed by atoms with van der Waals surface area (Å²) < 4.78 is 45.5. The van der Waals surface area contributed by atoms with Gasteiger partial charge in [-0.1, -0.05) is 0 Å². The molecular weight excluding hydrogens is 492 g/mol. The van der Waals surface area contributed by atoms with Crippen molar-refractivity contribution in [3.05, 3.63) is 0 Å². The third-order valence-corrected chi connectivity index (χ3v) is 5.11. The number of Topliss-reactive ketones (excluding diaryl/α,β-unsaturated/α-hetero) is 2. The van der Waals surface area contributed by atoms with Gasteiger partial charge in [-0.3, -0.25) is 28.7 Å². The molecule has 0 aliphatic rings. The van der Waals surface area contributed by atoms with Gasteiger partial charge in [-0.05, 0) is 13.3 Å². The predicted octanol–water partition coefficient (Wildman–Crippen LogP) is -1.58. The number of ether oxygens (including phenoxy) is 4. The molecule has 3 N–H and O–H groups in total. The first kappa shape index (κ1) is 32.5. The number of rotatable bonds is 23. The van der Waals surface area contributed by atoms with Gasteiger partial charge in [0.15, 0.2) is 5.78 Å². The molecule has 0 aliphatic heterocycles. The minimum atomic E-state index is -4.08. The van der Waals surface area contributed by atoms with Gasteiger partial charge in [0.1, 0.15) is 25.4 Å². The lowest BCUT2D eigenvalue weighted by molar-refractivity contribution is -0.140. The summed E-state index contributed by atoms with van der Waals surface area (Å²) in [7, 11) is -4.08. The predicted molar refractivity (Wildman–Crippen MR) is 120 cm³/mol. The van der Waals surface area contributed by atoms with Crippen LogP contribution < -0.4 is 10.0 Å². The second-order valence-corrected chi connectivity index (χ2v) is 9.03. The summed E-state index contributed by atoms with van der Waals surface area (Å²) in [5, 5.41) is 11.0. The Balaban J connectivity index is 3.58. The highest BCUT2D eigenvalue weighted by molar-refractivity contribution is 7.90. The van der Waals surface area contributed by atoms with Crippen LogP contribution >= 0.6 is 0 Å². The summed E-state index contributed by atoms with van der Waals surface area (Å²) in [6.45, 7) is 3.13. The van der Waals surface area contributed by atoms with Crippen molar-refractivity contribution in [2.75, 3.05) is 65.2 Å². The van der Waals surface area contributed by atoms with Crippen LogP contribution in [-0.4, -0.2) is 108 Å². The summed E-state index contributed by atoms with van der Waals surface area (Å²) in [6.07, 6.45) is -0.862. The van der Waals surface area contributed by atoms with Gasteiger partial charge in [0.25, 0.3) is 0 Å².